The van der Waals surface area contributed by atoms with E-state index < -0.39 is 0 Å². The van der Waals surface area contributed by atoms with Gasteiger partial charge in [-0.2, -0.15) is 11.8 Å². The Morgan fingerprint density at radius 1 is 0.692 bits per heavy atom. The molecule has 2 saturated carbocycles. The number of rotatable bonds is 2. The first kappa shape index (κ1) is 22.6. The monoisotopic (exact) mass is 384 g/mol. The molecule has 8 atom stereocenters. The Hall–Kier alpha value is 0.270. The summed E-state index contributed by atoms with van der Waals surface area (Å²) in [6.07, 6.45) is 5.05. The molecule has 0 saturated heterocycles. The van der Waals surface area contributed by atoms with Crippen molar-refractivity contribution in [2.45, 2.75) is 110 Å². The highest BCUT2D eigenvalue weighted by molar-refractivity contribution is 8.00. The smallest absolute Gasteiger partial charge is 0.0576 e. The Bertz CT molecular complexity index is 450. The molecule has 0 aliphatic heterocycles. The van der Waals surface area contributed by atoms with Gasteiger partial charge in [-0.15, -0.1) is 0 Å². The van der Waals surface area contributed by atoms with E-state index in [1.54, 1.807) is 0 Å². The van der Waals surface area contributed by atoms with Crippen molar-refractivity contribution in [1.29, 1.82) is 0 Å². The highest BCUT2D eigenvalue weighted by atomic mass is 32.2. The zero-order chi connectivity index (χ0) is 19.9. The van der Waals surface area contributed by atoms with Crippen LogP contribution in [0.2, 0.25) is 0 Å². The molecule has 3 heteroatoms. The van der Waals surface area contributed by atoms with Crippen molar-refractivity contribution in [3.63, 3.8) is 0 Å². The molecule has 0 spiro atoms. The molecule has 0 aromatic carbocycles. The molecule has 0 heterocycles. The third kappa shape index (κ3) is 5.64. The van der Waals surface area contributed by atoms with E-state index in [9.17, 15) is 10.2 Å². The van der Waals surface area contributed by atoms with Gasteiger partial charge >= 0.3 is 0 Å². The highest BCUT2D eigenvalue weighted by Gasteiger charge is 2.43. The molecular weight excluding hydrogens is 340 g/mol. The fraction of sp³-hybridized carbons (Fsp3) is 1.00. The van der Waals surface area contributed by atoms with Gasteiger partial charge in [-0.25, -0.2) is 0 Å². The number of thioether (sulfide) groups is 1. The largest absolute Gasteiger partial charge is 0.393 e. The van der Waals surface area contributed by atoms with Gasteiger partial charge in [0.25, 0.3) is 0 Å². The average molecular weight is 385 g/mol. The van der Waals surface area contributed by atoms with E-state index in [0.29, 0.717) is 34.2 Å². The molecule has 0 radical (unpaired) electrons. The van der Waals surface area contributed by atoms with Crippen LogP contribution in [0.1, 0.15) is 87.5 Å². The van der Waals surface area contributed by atoms with Gasteiger partial charge in [-0.1, -0.05) is 55.4 Å². The Kier molecular flexibility index (Phi) is 7.23. The second-order valence-electron chi connectivity index (χ2n) is 11.6. The Labute approximate surface area is 166 Å². The van der Waals surface area contributed by atoms with Crippen LogP contribution < -0.4 is 0 Å². The van der Waals surface area contributed by atoms with Crippen molar-refractivity contribution in [2.75, 3.05) is 0 Å². The van der Waals surface area contributed by atoms with E-state index in [-0.39, 0.29) is 23.0 Å². The number of aliphatic hydroxyl groups is 2. The zero-order valence-corrected chi connectivity index (χ0v) is 19.3. The molecular formula is C23H44O2S. The standard InChI is InChI=1S/C23H44O2S/c1-14-9-16(12-17(19(24)10-14)22(3,4)5)26-21-13-18(23(6,7)8)20(25)11-15(21)2/h14-21,24-25H,9-13H2,1-8H3. The second kappa shape index (κ2) is 8.33. The SMILES string of the molecule is CC1CC(SC2CC(C(C)(C)C)C(O)CC2C)CC(C(C)(C)C)C(O)C1. The second-order valence-corrected chi connectivity index (χ2v) is 13.2. The normalized spacial score (nSPS) is 43.2. The molecule has 0 aromatic heterocycles. The van der Waals surface area contributed by atoms with E-state index in [1.165, 1.54) is 6.42 Å². The molecule has 2 N–H and O–H groups in total. The molecule has 2 fully saturated rings. The van der Waals surface area contributed by atoms with Gasteiger partial charge in [-0.3, -0.25) is 0 Å². The summed E-state index contributed by atoms with van der Waals surface area (Å²) in [5.41, 5.74) is 0.323. The van der Waals surface area contributed by atoms with Crippen LogP contribution in [0.4, 0.5) is 0 Å². The van der Waals surface area contributed by atoms with Crippen LogP contribution in [-0.4, -0.2) is 32.9 Å². The lowest BCUT2D eigenvalue weighted by molar-refractivity contribution is -0.00294. The summed E-state index contributed by atoms with van der Waals surface area (Å²) in [6, 6.07) is 0. The summed E-state index contributed by atoms with van der Waals surface area (Å²) in [6.45, 7) is 18.3. The van der Waals surface area contributed by atoms with Crippen LogP contribution >= 0.6 is 11.8 Å². The maximum absolute atomic E-state index is 10.8. The highest BCUT2D eigenvalue weighted by Crippen LogP contribution is 2.48. The van der Waals surface area contributed by atoms with E-state index in [0.717, 1.165) is 25.7 Å². The maximum atomic E-state index is 10.8. The van der Waals surface area contributed by atoms with Gasteiger partial charge in [-0.05, 0) is 66.6 Å². The predicted octanol–water partition coefficient (Wildman–Crippen LogP) is 5.75. The lowest BCUT2D eigenvalue weighted by Gasteiger charge is -2.45. The van der Waals surface area contributed by atoms with Crippen LogP contribution in [0.15, 0.2) is 0 Å². The minimum absolute atomic E-state index is 0.154. The quantitative estimate of drug-likeness (QED) is 0.595. The first-order valence-electron chi connectivity index (χ1n) is 10.8. The van der Waals surface area contributed by atoms with Crippen molar-refractivity contribution >= 4 is 11.8 Å². The van der Waals surface area contributed by atoms with Crippen molar-refractivity contribution in [1.82, 2.24) is 0 Å². The molecule has 2 nitrogen and oxygen atoms in total. The van der Waals surface area contributed by atoms with Gasteiger partial charge < -0.3 is 10.2 Å². The van der Waals surface area contributed by atoms with Gasteiger partial charge in [0.2, 0.25) is 0 Å². The zero-order valence-electron chi connectivity index (χ0n) is 18.5. The van der Waals surface area contributed by atoms with Crippen LogP contribution in [-0.2, 0) is 0 Å². The van der Waals surface area contributed by atoms with Crippen LogP contribution in [0.3, 0.4) is 0 Å². The van der Waals surface area contributed by atoms with Crippen LogP contribution in [0, 0.1) is 34.5 Å². The van der Waals surface area contributed by atoms with Crippen LogP contribution in [0.25, 0.3) is 0 Å². The van der Waals surface area contributed by atoms with E-state index in [1.807, 2.05) is 0 Å². The lowest BCUT2D eigenvalue weighted by atomic mass is 9.68. The van der Waals surface area contributed by atoms with Gasteiger partial charge in [0.1, 0.15) is 0 Å². The lowest BCUT2D eigenvalue weighted by Crippen LogP contribution is -2.42. The predicted molar refractivity (Wildman–Crippen MR) is 114 cm³/mol. The van der Waals surface area contributed by atoms with Gasteiger partial charge in [0.15, 0.2) is 0 Å². The molecule has 2 aliphatic carbocycles. The van der Waals surface area contributed by atoms with Crippen LogP contribution in [0.5, 0.6) is 0 Å². The van der Waals surface area contributed by atoms with Crippen molar-refractivity contribution in [3.8, 4) is 0 Å². The first-order valence-corrected chi connectivity index (χ1v) is 11.7. The molecule has 154 valence electrons. The third-order valence-corrected chi connectivity index (χ3v) is 8.86. The number of hydrogen-bond donors (Lipinski definition) is 2. The van der Waals surface area contributed by atoms with E-state index >= 15 is 0 Å². The maximum Gasteiger partial charge on any atom is 0.0576 e. The van der Waals surface area contributed by atoms with Crippen molar-refractivity contribution < 1.29 is 10.2 Å². The summed E-state index contributed by atoms with van der Waals surface area (Å²) >= 11 is 2.19. The summed E-state index contributed by atoms with van der Waals surface area (Å²) in [5, 5.41) is 22.7. The summed E-state index contributed by atoms with van der Waals surface area (Å²) < 4.78 is 0. The minimum Gasteiger partial charge on any atom is -0.393 e. The van der Waals surface area contributed by atoms with E-state index in [4.69, 9.17) is 0 Å². The molecule has 2 rings (SSSR count). The molecule has 0 bridgehead atoms. The van der Waals surface area contributed by atoms with Crippen molar-refractivity contribution in [2.24, 2.45) is 34.5 Å². The first-order chi connectivity index (χ1) is 11.8. The Balaban J connectivity index is 2.11. The van der Waals surface area contributed by atoms with Gasteiger partial charge in [0, 0.05) is 10.5 Å². The summed E-state index contributed by atoms with van der Waals surface area (Å²) in [4.78, 5) is 0. The topological polar surface area (TPSA) is 40.5 Å². The average Bonchev–Trinajstić information content (AvgIpc) is 2.58. The molecule has 26 heavy (non-hydrogen) atoms. The number of hydrogen-bond acceptors (Lipinski definition) is 3. The molecule has 0 aromatic rings. The molecule has 2 aliphatic rings. The third-order valence-electron chi connectivity index (χ3n) is 7.08. The Morgan fingerprint density at radius 3 is 1.73 bits per heavy atom. The summed E-state index contributed by atoms with van der Waals surface area (Å²) in [5.74, 6) is 1.94. The van der Waals surface area contributed by atoms with Gasteiger partial charge in [0.05, 0.1) is 12.2 Å². The Morgan fingerprint density at radius 2 is 1.19 bits per heavy atom. The van der Waals surface area contributed by atoms with Crippen molar-refractivity contribution in [3.05, 3.63) is 0 Å². The minimum atomic E-state index is -0.163. The summed E-state index contributed by atoms with van der Waals surface area (Å²) in [7, 11) is 0. The fourth-order valence-electron chi connectivity index (χ4n) is 5.40. The molecule has 8 unspecified atom stereocenters. The molecule has 0 amide bonds. The van der Waals surface area contributed by atoms with E-state index in [2.05, 4.69) is 67.2 Å². The number of aliphatic hydroxyl groups excluding tert-OH is 2. The fourth-order valence-corrected chi connectivity index (χ4v) is 7.35.